The molecule has 1 saturated heterocycles. The van der Waals surface area contributed by atoms with Crippen molar-refractivity contribution in [1.82, 2.24) is 10.3 Å². The fourth-order valence-electron chi connectivity index (χ4n) is 3.00. The van der Waals surface area contributed by atoms with Crippen molar-refractivity contribution in [3.8, 4) is 0 Å². The van der Waals surface area contributed by atoms with Crippen LogP contribution in [0.2, 0.25) is 0 Å². The average molecular weight is 358 g/mol. The van der Waals surface area contributed by atoms with Crippen LogP contribution in [0.25, 0.3) is 0 Å². The molecule has 6 heteroatoms. The molecule has 0 spiro atoms. The Balaban J connectivity index is 1.50. The van der Waals surface area contributed by atoms with Crippen LogP contribution < -0.4 is 15.5 Å². The Bertz CT molecular complexity index is 702. The molecule has 3 rings (SSSR count). The highest BCUT2D eigenvalue weighted by Crippen LogP contribution is 2.22. The number of aromatic nitrogens is 1. The van der Waals surface area contributed by atoms with Gasteiger partial charge in [-0.25, -0.2) is 9.37 Å². The molecule has 4 nitrogen and oxygen atoms in total. The van der Waals surface area contributed by atoms with Gasteiger partial charge in [-0.1, -0.05) is 19.1 Å². The van der Waals surface area contributed by atoms with Crippen molar-refractivity contribution >= 4 is 28.8 Å². The first-order valence-electron chi connectivity index (χ1n) is 8.60. The zero-order valence-corrected chi connectivity index (χ0v) is 15.2. The predicted molar refractivity (Wildman–Crippen MR) is 104 cm³/mol. The molecule has 0 aliphatic carbocycles. The maximum Gasteiger partial charge on any atom is 0.171 e. The summed E-state index contributed by atoms with van der Waals surface area (Å²) in [6.45, 7) is 4.97. The van der Waals surface area contributed by atoms with Gasteiger partial charge in [0.25, 0.3) is 0 Å². The van der Waals surface area contributed by atoms with Gasteiger partial charge in [0, 0.05) is 19.6 Å². The number of nitrogens with zero attached hydrogens (tertiary/aromatic N) is 2. The molecule has 1 aromatic carbocycles. The van der Waals surface area contributed by atoms with Crippen molar-refractivity contribution in [2.75, 3.05) is 23.3 Å². The summed E-state index contributed by atoms with van der Waals surface area (Å²) in [5.74, 6) is 1.50. The molecule has 1 aliphatic heterocycles. The Morgan fingerprint density at radius 2 is 2.08 bits per heavy atom. The van der Waals surface area contributed by atoms with Crippen LogP contribution in [0.1, 0.15) is 25.3 Å². The first kappa shape index (κ1) is 17.6. The Kier molecular flexibility index (Phi) is 5.81. The second-order valence-electron chi connectivity index (χ2n) is 6.53. The molecule has 0 bridgehead atoms. The zero-order chi connectivity index (χ0) is 17.6. The molecule has 0 amide bonds. The number of anilines is 2. The molecule has 0 unspecified atom stereocenters. The number of nitrogens with one attached hydrogen (secondary N) is 2. The van der Waals surface area contributed by atoms with Crippen LogP contribution in [0.3, 0.4) is 0 Å². The van der Waals surface area contributed by atoms with E-state index >= 15 is 0 Å². The Morgan fingerprint density at radius 3 is 2.76 bits per heavy atom. The van der Waals surface area contributed by atoms with E-state index in [0.29, 0.717) is 11.7 Å². The van der Waals surface area contributed by atoms with E-state index in [4.69, 9.17) is 12.2 Å². The highest BCUT2D eigenvalue weighted by Gasteiger charge is 2.17. The summed E-state index contributed by atoms with van der Waals surface area (Å²) in [7, 11) is 0. The minimum atomic E-state index is -0.237. The number of hydrogen-bond acceptors (Lipinski definition) is 3. The third-order valence-electron chi connectivity index (χ3n) is 4.35. The topological polar surface area (TPSA) is 40.2 Å². The largest absolute Gasteiger partial charge is 0.358 e. The maximum atomic E-state index is 12.9. The number of pyridine rings is 1. The van der Waals surface area contributed by atoms with E-state index in [-0.39, 0.29) is 5.82 Å². The second kappa shape index (κ2) is 8.25. The van der Waals surface area contributed by atoms with E-state index in [0.717, 1.165) is 36.1 Å². The van der Waals surface area contributed by atoms with Gasteiger partial charge in [0.1, 0.15) is 11.6 Å². The van der Waals surface area contributed by atoms with Crippen LogP contribution >= 0.6 is 12.2 Å². The van der Waals surface area contributed by atoms with Crippen molar-refractivity contribution < 1.29 is 4.39 Å². The molecule has 2 N–H and O–H groups in total. The van der Waals surface area contributed by atoms with Crippen molar-refractivity contribution in [2.24, 2.45) is 5.92 Å². The average Bonchev–Trinajstić information content (AvgIpc) is 2.62. The molecule has 1 aromatic heterocycles. The van der Waals surface area contributed by atoms with Crippen molar-refractivity contribution in [1.29, 1.82) is 0 Å². The quantitative estimate of drug-likeness (QED) is 0.810. The standard InChI is InChI=1S/C19H23FN4S/c1-14-3-2-10-24(13-14)18-9-8-17(12-21-18)23-19(25)22-11-15-4-6-16(20)7-5-15/h4-9,12,14H,2-3,10-11,13H2,1H3,(H2,22,23,25)/t14-/m1/s1. The highest BCUT2D eigenvalue weighted by molar-refractivity contribution is 7.80. The van der Waals surface area contributed by atoms with E-state index < -0.39 is 0 Å². The molecule has 1 atom stereocenters. The summed E-state index contributed by atoms with van der Waals surface area (Å²) in [6.07, 6.45) is 4.32. The van der Waals surface area contributed by atoms with Gasteiger partial charge in [-0.2, -0.15) is 0 Å². The summed E-state index contributed by atoms with van der Waals surface area (Å²) in [5.41, 5.74) is 1.82. The van der Waals surface area contributed by atoms with E-state index in [9.17, 15) is 4.39 Å². The van der Waals surface area contributed by atoms with Gasteiger partial charge in [0.2, 0.25) is 0 Å². The number of halogens is 1. The highest BCUT2D eigenvalue weighted by atomic mass is 32.1. The normalized spacial score (nSPS) is 17.2. The summed E-state index contributed by atoms with van der Waals surface area (Å²) in [6, 6.07) is 10.4. The summed E-state index contributed by atoms with van der Waals surface area (Å²) >= 11 is 5.30. The Labute approximate surface area is 153 Å². The molecule has 2 heterocycles. The summed E-state index contributed by atoms with van der Waals surface area (Å²) < 4.78 is 12.9. The van der Waals surface area contributed by atoms with Gasteiger partial charge >= 0.3 is 0 Å². The second-order valence-corrected chi connectivity index (χ2v) is 6.94. The molecule has 0 saturated carbocycles. The van der Waals surface area contributed by atoms with E-state index in [2.05, 4.69) is 27.4 Å². The minimum Gasteiger partial charge on any atom is -0.358 e. The molecule has 1 aliphatic rings. The number of piperidine rings is 1. The Morgan fingerprint density at radius 1 is 1.28 bits per heavy atom. The van der Waals surface area contributed by atoms with Gasteiger partial charge in [0.15, 0.2) is 5.11 Å². The van der Waals surface area contributed by atoms with Crippen LogP contribution in [-0.4, -0.2) is 23.2 Å². The van der Waals surface area contributed by atoms with Crippen LogP contribution in [-0.2, 0) is 6.54 Å². The van der Waals surface area contributed by atoms with E-state index in [1.54, 1.807) is 18.3 Å². The maximum absolute atomic E-state index is 12.9. The number of hydrogen-bond donors (Lipinski definition) is 2. The number of rotatable bonds is 4. The van der Waals surface area contributed by atoms with Crippen LogP contribution in [0, 0.1) is 11.7 Å². The number of thiocarbonyl (C=S) groups is 1. The van der Waals surface area contributed by atoms with Crippen molar-refractivity contribution in [3.63, 3.8) is 0 Å². The van der Waals surface area contributed by atoms with Crippen molar-refractivity contribution in [3.05, 3.63) is 54.0 Å². The van der Waals surface area contributed by atoms with Gasteiger partial charge in [-0.3, -0.25) is 0 Å². The van der Waals surface area contributed by atoms with Crippen molar-refractivity contribution in [2.45, 2.75) is 26.3 Å². The molecule has 2 aromatic rings. The molecular weight excluding hydrogens is 335 g/mol. The van der Waals surface area contributed by atoms with E-state index in [1.165, 1.54) is 25.0 Å². The smallest absolute Gasteiger partial charge is 0.171 e. The first-order valence-corrected chi connectivity index (χ1v) is 9.01. The zero-order valence-electron chi connectivity index (χ0n) is 14.3. The fourth-order valence-corrected chi connectivity index (χ4v) is 3.19. The van der Waals surface area contributed by atoms with E-state index in [1.807, 2.05) is 12.1 Å². The lowest BCUT2D eigenvalue weighted by molar-refractivity contribution is 0.444. The summed E-state index contributed by atoms with van der Waals surface area (Å²) in [4.78, 5) is 6.89. The summed E-state index contributed by atoms with van der Waals surface area (Å²) in [5, 5.41) is 6.76. The van der Waals surface area contributed by atoms with Crippen LogP contribution in [0.15, 0.2) is 42.6 Å². The fraction of sp³-hybridized carbons (Fsp3) is 0.368. The Hall–Kier alpha value is -2.21. The first-order chi connectivity index (χ1) is 12.1. The van der Waals surface area contributed by atoms with Gasteiger partial charge in [0.05, 0.1) is 11.9 Å². The van der Waals surface area contributed by atoms with Crippen LogP contribution in [0.5, 0.6) is 0 Å². The third-order valence-corrected chi connectivity index (χ3v) is 4.60. The van der Waals surface area contributed by atoms with Gasteiger partial charge in [-0.15, -0.1) is 0 Å². The lowest BCUT2D eigenvalue weighted by Gasteiger charge is -2.31. The lowest BCUT2D eigenvalue weighted by Crippen LogP contribution is -2.34. The number of benzene rings is 1. The third kappa shape index (κ3) is 5.13. The van der Waals surface area contributed by atoms with Crippen LogP contribution in [0.4, 0.5) is 15.9 Å². The monoisotopic (exact) mass is 358 g/mol. The molecule has 132 valence electrons. The molecule has 0 radical (unpaired) electrons. The SMILES string of the molecule is C[C@@H]1CCCN(c2ccc(NC(=S)NCc3ccc(F)cc3)cn2)C1. The molecule has 25 heavy (non-hydrogen) atoms. The predicted octanol–water partition coefficient (Wildman–Crippen LogP) is 3.94. The minimum absolute atomic E-state index is 0.237. The lowest BCUT2D eigenvalue weighted by atomic mass is 10.0. The van der Waals surface area contributed by atoms with Gasteiger partial charge < -0.3 is 15.5 Å². The molecular formula is C19H23FN4S. The molecule has 1 fully saturated rings. The van der Waals surface area contributed by atoms with Gasteiger partial charge in [-0.05, 0) is 60.8 Å².